The molecule has 0 radical (unpaired) electrons. The van der Waals surface area contributed by atoms with E-state index in [-0.39, 0.29) is 11.5 Å². The van der Waals surface area contributed by atoms with Gasteiger partial charge in [0.15, 0.2) is 0 Å². The number of likely N-dealkylation sites (N-methyl/N-ethyl adjacent to an activating group) is 2. The molecule has 4 rings (SSSR count). The summed E-state index contributed by atoms with van der Waals surface area (Å²) in [7, 11) is 3.65. The average molecular weight is 402 g/mol. The Morgan fingerprint density at radius 3 is 2.53 bits per heavy atom. The molecule has 0 aliphatic carbocycles. The van der Waals surface area contributed by atoms with E-state index < -0.39 is 0 Å². The summed E-state index contributed by atoms with van der Waals surface area (Å²) in [6.07, 6.45) is 1.88. The number of benzene rings is 2. The summed E-state index contributed by atoms with van der Waals surface area (Å²) >= 11 is 0. The Morgan fingerprint density at radius 1 is 1.03 bits per heavy atom. The van der Waals surface area contributed by atoms with Crippen LogP contribution < -0.4 is 10.9 Å². The molecule has 0 aliphatic rings. The number of carbonyl (C=O) groups is 1. The SMILES string of the molecule is CNCCN(C)C(=O)c1ccc2c(c1)n(Cc1ccc(C)cc1)c(=O)c1cccn12. The van der Waals surface area contributed by atoms with Crippen molar-refractivity contribution in [2.24, 2.45) is 0 Å². The lowest BCUT2D eigenvalue weighted by Crippen LogP contribution is -2.33. The molecule has 4 aromatic rings. The molecule has 0 fully saturated rings. The lowest BCUT2D eigenvalue weighted by atomic mass is 10.1. The average Bonchev–Trinajstić information content (AvgIpc) is 3.25. The first-order chi connectivity index (χ1) is 14.5. The van der Waals surface area contributed by atoms with Crippen LogP contribution in [0.15, 0.2) is 65.6 Å². The Kier molecular flexibility index (Phi) is 5.42. The summed E-state index contributed by atoms with van der Waals surface area (Å²) in [6.45, 7) is 3.82. The van der Waals surface area contributed by atoms with Gasteiger partial charge in [0.25, 0.3) is 11.5 Å². The number of amides is 1. The molecular formula is C24H26N4O2. The van der Waals surface area contributed by atoms with E-state index in [0.717, 1.165) is 23.1 Å². The van der Waals surface area contributed by atoms with Crippen LogP contribution in [0.5, 0.6) is 0 Å². The predicted octanol–water partition coefficient (Wildman–Crippen LogP) is 2.90. The van der Waals surface area contributed by atoms with Crippen LogP contribution in [-0.4, -0.2) is 47.0 Å². The second-order valence-corrected chi connectivity index (χ2v) is 7.67. The van der Waals surface area contributed by atoms with Gasteiger partial charge in [-0.15, -0.1) is 0 Å². The highest BCUT2D eigenvalue weighted by molar-refractivity contribution is 5.97. The van der Waals surface area contributed by atoms with Crippen LogP contribution in [-0.2, 0) is 6.54 Å². The zero-order valence-corrected chi connectivity index (χ0v) is 17.6. The number of hydrogen-bond acceptors (Lipinski definition) is 3. The molecule has 2 aromatic heterocycles. The van der Waals surface area contributed by atoms with Gasteiger partial charge >= 0.3 is 0 Å². The maximum Gasteiger partial charge on any atom is 0.275 e. The van der Waals surface area contributed by atoms with Crippen molar-refractivity contribution in [3.63, 3.8) is 0 Å². The van der Waals surface area contributed by atoms with Crippen LogP contribution in [0.2, 0.25) is 0 Å². The van der Waals surface area contributed by atoms with Crippen molar-refractivity contribution in [2.75, 3.05) is 27.2 Å². The molecule has 2 heterocycles. The van der Waals surface area contributed by atoms with Gasteiger partial charge in [-0.2, -0.15) is 0 Å². The summed E-state index contributed by atoms with van der Waals surface area (Å²) in [5.41, 5.74) is 5.00. The van der Waals surface area contributed by atoms with Crippen molar-refractivity contribution in [3.05, 3.63) is 87.8 Å². The minimum absolute atomic E-state index is 0.0610. The second-order valence-electron chi connectivity index (χ2n) is 7.67. The molecule has 1 N–H and O–H groups in total. The van der Waals surface area contributed by atoms with E-state index in [9.17, 15) is 9.59 Å². The van der Waals surface area contributed by atoms with Gasteiger partial charge in [-0.05, 0) is 49.9 Å². The van der Waals surface area contributed by atoms with E-state index in [1.54, 1.807) is 16.5 Å². The predicted molar refractivity (Wildman–Crippen MR) is 120 cm³/mol. The van der Waals surface area contributed by atoms with E-state index in [0.29, 0.717) is 24.2 Å². The molecule has 0 atom stereocenters. The molecule has 0 bridgehead atoms. The smallest absolute Gasteiger partial charge is 0.275 e. The third-order valence-electron chi connectivity index (χ3n) is 5.49. The number of nitrogens with one attached hydrogen (secondary N) is 1. The molecule has 0 unspecified atom stereocenters. The topological polar surface area (TPSA) is 58.8 Å². The lowest BCUT2D eigenvalue weighted by Gasteiger charge is -2.18. The molecule has 0 saturated heterocycles. The third kappa shape index (κ3) is 3.62. The highest BCUT2D eigenvalue weighted by atomic mass is 16.2. The Morgan fingerprint density at radius 2 is 1.80 bits per heavy atom. The van der Waals surface area contributed by atoms with Crippen LogP contribution in [0.4, 0.5) is 0 Å². The fourth-order valence-corrected chi connectivity index (χ4v) is 3.72. The van der Waals surface area contributed by atoms with Gasteiger partial charge < -0.3 is 19.2 Å². The molecule has 0 spiro atoms. The highest BCUT2D eigenvalue weighted by Crippen LogP contribution is 2.19. The van der Waals surface area contributed by atoms with E-state index in [2.05, 4.69) is 5.32 Å². The molecule has 30 heavy (non-hydrogen) atoms. The van der Waals surface area contributed by atoms with Gasteiger partial charge in [0.05, 0.1) is 17.6 Å². The number of rotatable bonds is 6. The minimum atomic E-state index is -0.0683. The van der Waals surface area contributed by atoms with Crippen molar-refractivity contribution in [3.8, 4) is 0 Å². The maximum atomic E-state index is 13.3. The van der Waals surface area contributed by atoms with Crippen molar-refractivity contribution in [1.29, 1.82) is 0 Å². The fourth-order valence-electron chi connectivity index (χ4n) is 3.72. The first-order valence-corrected chi connectivity index (χ1v) is 10.1. The van der Waals surface area contributed by atoms with Gasteiger partial charge in [0.1, 0.15) is 5.52 Å². The highest BCUT2D eigenvalue weighted by Gasteiger charge is 2.16. The molecular weight excluding hydrogens is 376 g/mol. The van der Waals surface area contributed by atoms with Gasteiger partial charge in [-0.25, -0.2) is 0 Å². The van der Waals surface area contributed by atoms with Crippen molar-refractivity contribution in [2.45, 2.75) is 13.5 Å². The Hall–Kier alpha value is -3.38. The lowest BCUT2D eigenvalue weighted by molar-refractivity contribution is 0.0797. The summed E-state index contributed by atoms with van der Waals surface area (Å²) in [4.78, 5) is 27.9. The number of fused-ring (bicyclic) bond motifs is 3. The molecule has 0 saturated carbocycles. The van der Waals surface area contributed by atoms with E-state index in [4.69, 9.17) is 0 Å². The van der Waals surface area contributed by atoms with E-state index in [1.807, 2.05) is 79.2 Å². The second kappa shape index (κ2) is 8.16. The Bertz CT molecular complexity index is 1270. The van der Waals surface area contributed by atoms with Crippen LogP contribution in [0, 0.1) is 6.92 Å². The molecule has 154 valence electrons. The van der Waals surface area contributed by atoms with Gasteiger partial charge in [-0.3, -0.25) is 9.59 Å². The number of hydrogen-bond donors (Lipinski definition) is 1. The van der Waals surface area contributed by atoms with Crippen LogP contribution in [0.3, 0.4) is 0 Å². The summed E-state index contributed by atoms with van der Waals surface area (Å²) < 4.78 is 3.65. The van der Waals surface area contributed by atoms with Crippen molar-refractivity contribution < 1.29 is 4.79 Å². The summed E-state index contributed by atoms with van der Waals surface area (Å²) in [5.74, 6) is -0.0610. The van der Waals surface area contributed by atoms with Gasteiger partial charge in [0.2, 0.25) is 0 Å². The third-order valence-corrected chi connectivity index (χ3v) is 5.49. The van der Waals surface area contributed by atoms with Gasteiger partial charge in [0, 0.05) is 31.9 Å². The largest absolute Gasteiger partial charge is 0.340 e. The zero-order chi connectivity index (χ0) is 21.3. The summed E-state index contributed by atoms with van der Waals surface area (Å²) in [5, 5.41) is 3.06. The minimum Gasteiger partial charge on any atom is -0.340 e. The number of aryl methyl sites for hydroxylation is 1. The zero-order valence-electron chi connectivity index (χ0n) is 17.6. The quantitative estimate of drug-likeness (QED) is 0.540. The Labute approximate surface area is 175 Å². The van der Waals surface area contributed by atoms with Crippen molar-refractivity contribution >= 4 is 22.5 Å². The number of nitrogens with zero attached hydrogens (tertiary/aromatic N) is 3. The standard InChI is InChI=1S/C24H26N4O2/c1-17-6-8-18(9-7-17)16-28-22-15-19(23(29)26(3)14-12-25-2)10-11-20(22)27-13-4-5-21(27)24(28)30/h4-11,13,15,25H,12,14,16H2,1-3H3. The number of carbonyl (C=O) groups excluding carboxylic acids is 1. The van der Waals surface area contributed by atoms with Crippen LogP contribution in [0.1, 0.15) is 21.5 Å². The van der Waals surface area contributed by atoms with E-state index in [1.165, 1.54) is 5.56 Å². The maximum absolute atomic E-state index is 13.3. The Balaban J connectivity index is 1.86. The van der Waals surface area contributed by atoms with Crippen molar-refractivity contribution in [1.82, 2.24) is 19.2 Å². The van der Waals surface area contributed by atoms with Crippen LogP contribution in [0.25, 0.3) is 16.6 Å². The first kappa shape index (κ1) is 19.9. The normalized spacial score (nSPS) is 11.3. The van der Waals surface area contributed by atoms with E-state index >= 15 is 0 Å². The number of aromatic nitrogens is 2. The molecule has 0 aliphatic heterocycles. The monoisotopic (exact) mass is 402 g/mol. The molecule has 1 amide bonds. The first-order valence-electron chi connectivity index (χ1n) is 10.1. The fraction of sp³-hybridized carbons (Fsp3) is 0.250. The molecule has 6 nitrogen and oxygen atoms in total. The molecule has 2 aromatic carbocycles. The van der Waals surface area contributed by atoms with Gasteiger partial charge in [-0.1, -0.05) is 29.8 Å². The summed E-state index contributed by atoms with van der Waals surface area (Å²) in [6, 6.07) is 17.5. The molecule has 6 heteroatoms. The van der Waals surface area contributed by atoms with Crippen LogP contribution >= 0.6 is 0 Å².